The van der Waals surface area contributed by atoms with Gasteiger partial charge in [0.25, 0.3) is 0 Å². The molecule has 0 saturated heterocycles. The van der Waals surface area contributed by atoms with Crippen molar-refractivity contribution in [3.63, 3.8) is 0 Å². The summed E-state index contributed by atoms with van der Waals surface area (Å²) in [5, 5.41) is 6.95. The molecule has 2 aromatic rings. The van der Waals surface area contributed by atoms with E-state index in [1.807, 2.05) is 0 Å². The number of H-pyrrole nitrogens is 1. The Bertz CT molecular complexity index is 728. The molecular formula is C11H14ClN5O2S. The summed E-state index contributed by atoms with van der Waals surface area (Å²) in [6.07, 6.45) is 0. The third kappa shape index (κ3) is 2.92. The Morgan fingerprint density at radius 3 is 2.70 bits per heavy atom. The second kappa shape index (κ2) is 5.39. The van der Waals surface area contributed by atoms with Gasteiger partial charge in [-0.3, -0.25) is 5.10 Å². The third-order valence-corrected chi connectivity index (χ3v) is 4.78. The van der Waals surface area contributed by atoms with Crippen LogP contribution in [0.5, 0.6) is 0 Å². The van der Waals surface area contributed by atoms with Crippen molar-refractivity contribution in [3.8, 4) is 0 Å². The topological polar surface area (TPSA) is 105 Å². The van der Waals surface area contributed by atoms with E-state index < -0.39 is 10.0 Å². The molecule has 108 valence electrons. The minimum atomic E-state index is -3.72. The predicted octanol–water partition coefficient (Wildman–Crippen LogP) is 1.17. The van der Waals surface area contributed by atoms with Crippen molar-refractivity contribution < 1.29 is 8.42 Å². The summed E-state index contributed by atoms with van der Waals surface area (Å²) in [4.78, 5) is 4.08. The Hall–Kier alpha value is -1.64. The normalized spacial score (nSPS) is 12.0. The van der Waals surface area contributed by atoms with Crippen LogP contribution in [-0.2, 0) is 16.6 Å². The first kappa shape index (κ1) is 14.8. The molecule has 0 aliphatic heterocycles. The maximum Gasteiger partial charge on any atom is 0.245 e. The number of aromatic amines is 1. The number of hydrogen-bond acceptors (Lipinski definition) is 5. The van der Waals surface area contributed by atoms with Gasteiger partial charge in [-0.15, -0.1) is 0 Å². The SMILES string of the molecule is Cc1nc(CN(C)S(=O)(=O)c2ccc(Cl)cc2N)n[nH]1. The summed E-state index contributed by atoms with van der Waals surface area (Å²) in [6, 6.07) is 4.27. The Balaban J connectivity index is 2.29. The molecule has 7 nitrogen and oxygen atoms in total. The van der Waals surface area contributed by atoms with Crippen LogP contribution in [0.1, 0.15) is 11.6 Å². The van der Waals surface area contributed by atoms with Crippen LogP contribution < -0.4 is 5.73 Å². The highest BCUT2D eigenvalue weighted by Crippen LogP contribution is 2.25. The van der Waals surface area contributed by atoms with Crippen LogP contribution in [0.15, 0.2) is 23.1 Å². The van der Waals surface area contributed by atoms with Crippen LogP contribution in [0, 0.1) is 6.92 Å². The van der Waals surface area contributed by atoms with Crippen LogP contribution >= 0.6 is 11.6 Å². The van der Waals surface area contributed by atoms with E-state index in [1.165, 1.54) is 25.2 Å². The van der Waals surface area contributed by atoms with Crippen LogP contribution in [0.3, 0.4) is 0 Å². The van der Waals surface area contributed by atoms with E-state index in [0.717, 1.165) is 4.31 Å². The smallest absolute Gasteiger partial charge is 0.245 e. The van der Waals surface area contributed by atoms with E-state index in [4.69, 9.17) is 17.3 Å². The summed E-state index contributed by atoms with van der Waals surface area (Å²) in [7, 11) is -2.28. The van der Waals surface area contributed by atoms with Gasteiger partial charge in [0.15, 0.2) is 5.82 Å². The van der Waals surface area contributed by atoms with Gasteiger partial charge in [0.2, 0.25) is 10.0 Å². The van der Waals surface area contributed by atoms with Gasteiger partial charge in [-0.2, -0.15) is 9.40 Å². The van der Waals surface area contributed by atoms with E-state index in [9.17, 15) is 8.42 Å². The van der Waals surface area contributed by atoms with E-state index in [-0.39, 0.29) is 17.1 Å². The van der Waals surface area contributed by atoms with Gasteiger partial charge in [0, 0.05) is 12.1 Å². The fourth-order valence-corrected chi connectivity index (χ4v) is 3.06. The first-order valence-electron chi connectivity index (χ1n) is 5.70. The summed E-state index contributed by atoms with van der Waals surface area (Å²) < 4.78 is 26.0. The Morgan fingerprint density at radius 1 is 1.45 bits per heavy atom. The minimum absolute atomic E-state index is 0.0108. The van der Waals surface area contributed by atoms with E-state index in [1.54, 1.807) is 6.92 Å². The zero-order chi connectivity index (χ0) is 14.9. The molecule has 20 heavy (non-hydrogen) atoms. The number of rotatable bonds is 4. The number of sulfonamides is 1. The highest BCUT2D eigenvalue weighted by Gasteiger charge is 2.24. The summed E-state index contributed by atoms with van der Waals surface area (Å²) in [6.45, 7) is 1.79. The standard InChI is InChI=1S/C11H14ClN5O2S/c1-7-14-11(16-15-7)6-17(2)20(18,19)10-4-3-8(12)5-9(10)13/h3-5H,6,13H2,1-2H3,(H,14,15,16). The molecule has 0 unspecified atom stereocenters. The number of aromatic nitrogens is 3. The first-order chi connectivity index (χ1) is 9.30. The van der Waals surface area contributed by atoms with Crippen molar-refractivity contribution in [1.82, 2.24) is 19.5 Å². The second-order valence-electron chi connectivity index (χ2n) is 4.28. The molecule has 1 aromatic heterocycles. The lowest BCUT2D eigenvalue weighted by Crippen LogP contribution is -2.27. The van der Waals surface area contributed by atoms with Crippen LogP contribution in [0.25, 0.3) is 0 Å². The number of aryl methyl sites for hydroxylation is 1. The van der Waals surface area contributed by atoms with Gasteiger partial charge in [-0.05, 0) is 25.1 Å². The van der Waals surface area contributed by atoms with E-state index in [0.29, 0.717) is 16.7 Å². The van der Waals surface area contributed by atoms with Crippen molar-refractivity contribution in [1.29, 1.82) is 0 Å². The first-order valence-corrected chi connectivity index (χ1v) is 7.52. The zero-order valence-electron chi connectivity index (χ0n) is 11.0. The quantitative estimate of drug-likeness (QED) is 0.824. The van der Waals surface area contributed by atoms with Gasteiger partial charge in [0.05, 0.1) is 12.2 Å². The monoisotopic (exact) mass is 315 g/mol. The highest BCUT2D eigenvalue weighted by atomic mass is 35.5. The summed E-state index contributed by atoms with van der Waals surface area (Å²) in [5.74, 6) is 1.01. The van der Waals surface area contributed by atoms with Gasteiger partial charge in [0.1, 0.15) is 10.7 Å². The number of hydrogen-bond donors (Lipinski definition) is 2. The Morgan fingerprint density at radius 2 is 2.15 bits per heavy atom. The average molecular weight is 316 g/mol. The molecule has 1 heterocycles. The zero-order valence-corrected chi connectivity index (χ0v) is 12.5. The second-order valence-corrected chi connectivity index (χ2v) is 6.73. The minimum Gasteiger partial charge on any atom is -0.398 e. The number of anilines is 1. The molecule has 0 aliphatic carbocycles. The number of nitrogens with one attached hydrogen (secondary N) is 1. The molecule has 0 aliphatic rings. The number of nitrogen functional groups attached to an aromatic ring is 1. The van der Waals surface area contributed by atoms with Crippen LogP contribution in [0.2, 0.25) is 5.02 Å². The van der Waals surface area contributed by atoms with E-state index in [2.05, 4.69) is 15.2 Å². The van der Waals surface area contributed by atoms with Gasteiger partial charge < -0.3 is 5.73 Å². The van der Waals surface area contributed by atoms with Crippen molar-refractivity contribution in [2.75, 3.05) is 12.8 Å². The molecule has 0 atom stereocenters. The maximum atomic E-state index is 12.4. The molecule has 0 saturated carbocycles. The Kier molecular flexibility index (Phi) is 3.98. The number of nitrogens with two attached hydrogens (primary N) is 1. The van der Waals surface area contributed by atoms with Crippen molar-refractivity contribution in [2.45, 2.75) is 18.4 Å². The Labute approximate surface area is 121 Å². The molecule has 0 spiro atoms. The third-order valence-electron chi connectivity index (χ3n) is 2.67. The fraction of sp³-hybridized carbons (Fsp3) is 0.273. The van der Waals surface area contributed by atoms with Gasteiger partial charge in [-0.25, -0.2) is 13.4 Å². The average Bonchev–Trinajstić information content (AvgIpc) is 2.74. The molecule has 0 radical (unpaired) electrons. The molecule has 0 bridgehead atoms. The lowest BCUT2D eigenvalue weighted by molar-refractivity contribution is 0.457. The van der Waals surface area contributed by atoms with Gasteiger partial charge in [-0.1, -0.05) is 11.6 Å². The van der Waals surface area contributed by atoms with Crippen LogP contribution in [-0.4, -0.2) is 35.0 Å². The molecule has 1 aromatic carbocycles. The van der Waals surface area contributed by atoms with Crippen LogP contribution in [0.4, 0.5) is 5.69 Å². The number of halogens is 1. The largest absolute Gasteiger partial charge is 0.398 e. The maximum absolute atomic E-state index is 12.4. The summed E-state index contributed by atoms with van der Waals surface area (Å²) in [5.41, 5.74) is 5.82. The lowest BCUT2D eigenvalue weighted by Gasteiger charge is -2.16. The molecule has 0 amide bonds. The van der Waals surface area contributed by atoms with Crippen molar-refractivity contribution in [2.24, 2.45) is 0 Å². The van der Waals surface area contributed by atoms with Crippen molar-refractivity contribution in [3.05, 3.63) is 34.9 Å². The molecule has 2 rings (SSSR count). The number of benzene rings is 1. The summed E-state index contributed by atoms with van der Waals surface area (Å²) >= 11 is 5.77. The predicted molar refractivity (Wildman–Crippen MR) is 75.6 cm³/mol. The molecule has 3 N–H and O–H groups in total. The lowest BCUT2D eigenvalue weighted by atomic mass is 10.3. The number of nitrogens with zero attached hydrogens (tertiary/aromatic N) is 3. The highest BCUT2D eigenvalue weighted by molar-refractivity contribution is 7.89. The van der Waals surface area contributed by atoms with E-state index >= 15 is 0 Å². The molecule has 9 heteroatoms. The van der Waals surface area contributed by atoms with Gasteiger partial charge >= 0.3 is 0 Å². The molecule has 0 fully saturated rings. The molecular weight excluding hydrogens is 302 g/mol. The fourth-order valence-electron chi connectivity index (χ4n) is 1.67. The van der Waals surface area contributed by atoms with Crippen molar-refractivity contribution >= 4 is 27.3 Å².